The molecule has 1 rings (SSSR count). The third kappa shape index (κ3) is 2.96. The fourth-order valence-electron chi connectivity index (χ4n) is 1.25. The van der Waals surface area contributed by atoms with Crippen molar-refractivity contribution in [2.45, 2.75) is 32.7 Å². The summed E-state index contributed by atoms with van der Waals surface area (Å²) in [5.41, 5.74) is 7.83. The number of nitrogens with two attached hydrogens (primary N) is 1. The van der Waals surface area contributed by atoms with E-state index in [1.165, 1.54) is 5.56 Å². The van der Waals surface area contributed by atoms with Gasteiger partial charge in [0, 0.05) is 6.42 Å². The van der Waals surface area contributed by atoms with Gasteiger partial charge in [0.05, 0.1) is 6.04 Å². The maximum absolute atomic E-state index is 11.3. The monoisotopic (exact) mass is 191 g/mol. The molecule has 14 heavy (non-hydrogen) atoms. The number of Topliss-reactive ketones (excluding diaryl/α,β-unsaturated/α-hetero) is 1. The molecular formula is C12H17NO. The first-order valence-corrected chi connectivity index (χ1v) is 4.99. The minimum Gasteiger partial charge on any atom is -0.322 e. The summed E-state index contributed by atoms with van der Waals surface area (Å²) in [4.78, 5) is 11.3. The summed E-state index contributed by atoms with van der Waals surface area (Å²) in [6.07, 6.45) is 1.48. The molecule has 0 heterocycles. The highest BCUT2D eigenvalue weighted by molar-refractivity contribution is 5.85. The Balaban J connectivity index is 2.64. The lowest BCUT2D eigenvalue weighted by atomic mass is 10.0. The van der Waals surface area contributed by atoms with Gasteiger partial charge in [-0.05, 0) is 24.5 Å². The molecule has 0 radical (unpaired) electrons. The lowest BCUT2D eigenvalue weighted by molar-refractivity contribution is -0.119. The lowest BCUT2D eigenvalue weighted by Crippen LogP contribution is -2.28. The van der Waals surface area contributed by atoms with Crippen molar-refractivity contribution in [3.05, 3.63) is 35.4 Å². The van der Waals surface area contributed by atoms with Crippen LogP contribution in [0.5, 0.6) is 0 Å². The van der Waals surface area contributed by atoms with Gasteiger partial charge >= 0.3 is 0 Å². The number of carbonyl (C=O) groups excluding carboxylic acids is 1. The molecule has 0 aliphatic carbocycles. The zero-order valence-corrected chi connectivity index (χ0v) is 8.79. The Labute approximate surface area is 85.1 Å². The highest BCUT2D eigenvalue weighted by Gasteiger charge is 2.07. The van der Waals surface area contributed by atoms with E-state index in [1.807, 2.05) is 12.1 Å². The normalized spacial score (nSPS) is 12.5. The van der Waals surface area contributed by atoms with Gasteiger partial charge in [-0.15, -0.1) is 0 Å². The number of aryl methyl sites for hydroxylation is 1. The first-order valence-electron chi connectivity index (χ1n) is 4.99. The number of hydrogen-bond donors (Lipinski definition) is 1. The molecule has 1 atom stereocenters. The Morgan fingerprint density at radius 2 is 1.79 bits per heavy atom. The molecule has 0 saturated carbocycles. The fraction of sp³-hybridized carbons (Fsp3) is 0.417. The van der Waals surface area contributed by atoms with Crippen molar-refractivity contribution in [1.82, 2.24) is 0 Å². The summed E-state index contributed by atoms with van der Waals surface area (Å²) in [5, 5.41) is 0. The summed E-state index contributed by atoms with van der Waals surface area (Å²) in [6.45, 7) is 3.84. The molecule has 76 valence electrons. The molecule has 0 bridgehead atoms. The maximum Gasteiger partial charge on any atom is 0.153 e. The van der Waals surface area contributed by atoms with Crippen LogP contribution in [-0.2, 0) is 17.6 Å². The largest absolute Gasteiger partial charge is 0.322 e. The van der Waals surface area contributed by atoms with Gasteiger partial charge in [-0.3, -0.25) is 4.79 Å². The van der Waals surface area contributed by atoms with E-state index in [1.54, 1.807) is 6.92 Å². The number of hydrogen-bond acceptors (Lipinski definition) is 2. The van der Waals surface area contributed by atoms with E-state index in [2.05, 4.69) is 19.1 Å². The van der Waals surface area contributed by atoms with Gasteiger partial charge in [0.1, 0.15) is 0 Å². The number of ketones is 1. The molecule has 2 N–H and O–H groups in total. The number of rotatable bonds is 4. The first-order chi connectivity index (χ1) is 6.63. The standard InChI is InChI=1S/C12H17NO/c1-3-10-4-6-11(7-5-10)8-12(14)9(2)13/h4-7,9H,3,8,13H2,1-2H3. The van der Waals surface area contributed by atoms with Gasteiger partial charge in [0.15, 0.2) is 5.78 Å². The highest BCUT2D eigenvalue weighted by Crippen LogP contribution is 2.06. The predicted molar refractivity (Wildman–Crippen MR) is 58.2 cm³/mol. The Hall–Kier alpha value is -1.15. The van der Waals surface area contributed by atoms with Crippen LogP contribution < -0.4 is 5.73 Å². The molecule has 2 heteroatoms. The van der Waals surface area contributed by atoms with E-state index >= 15 is 0 Å². The van der Waals surface area contributed by atoms with Crippen LogP contribution in [-0.4, -0.2) is 11.8 Å². The van der Waals surface area contributed by atoms with Crippen LogP contribution >= 0.6 is 0 Å². The van der Waals surface area contributed by atoms with Crippen molar-refractivity contribution < 1.29 is 4.79 Å². The van der Waals surface area contributed by atoms with Crippen LogP contribution in [0.3, 0.4) is 0 Å². The second-order valence-corrected chi connectivity index (χ2v) is 3.60. The molecular weight excluding hydrogens is 174 g/mol. The van der Waals surface area contributed by atoms with Crippen LogP contribution in [0, 0.1) is 0 Å². The van der Waals surface area contributed by atoms with E-state index in [0.29, 0.717) is 6.42 Å². The van der Waals surface area contributed by atoms with Crippen molar-refractivity contribution in [2.24, 2.45) is 5.73 Å². The average molecular weight is 191 g/mol. The van der Waals surface area contributed by atoms with Gasteiger partial charge < -0.3 is 5.73 Å². The van der Waals surface area contributed by atoms with Gasteiger partial charge in [-0.25, -0.2) is 0 Å². The molecule has 0 spiro atoms. The molecule has 0 amide bonds. The minimum absolute atomic E-state index is 0.0919. The summed E-state index contributed by atoms with van der Waals surface area (Å²) in [7, 11) is 0. The summed E-state index contributed by atoms with van der Waals surface area (Å²) < 4.78 is 0. The minimum atomic E-state index is -0.360. The smallest absolute Gasteiger partial charge is 0.153 e. The van der Waals surface area contributed by atoms with Crippen LogP contribution in [0.2, 0.25) is 0 Å². The van der Waals surface area contributed by atoms with E-state index in [-0.39, 0.29) is 11.8 Å². The zero-order valence-electron chi connectivity index (χ0n) is 8.79. The fourth-order valence-corrected chi connectivity index (χ4v) is 1.25. The number of benzene rings is 1. The molecule has 1 aromatic carbocycles. The lowest BCUT2D eigenvalue weighted by Gasteiger charge is -2.04. The van der Waals surface area contributed by atoms with E-state index in [4.69, 9.17) is 5.73 Å². The van der Waals surface area contributed by atoms with Gasteiger partial charge in [-0.1, -0.05) is 31.2 Å². The van der Waals surface area contributed by atoms with Crippen LogP contribution in [0.4, 0.5) is 0 Å². The molecule has 1 aromatic rings. The van der Waals surface area contributed by atoms with Gasteiger partial charge in [0.2, 0.25) is 0 Å². The van der Waals surface area contributed by atoms with Crippen molar-refractivity contribution in [3.8, 4) is 0 Å². The topological polar surface area (TPSA) is 43.1 Å². The quantitative estimate of drug-likeness (QED) is 0.787. The maximum atomic E-state index is 11.3. The second kappa shape index (κ2) is 4.91. The third-order valence-electron chi connectivity index (χ3n) is 2.32. The van der Waals surface area contributed by atoms with Crippen molar-refractivity contribution >= 4 is 5.78 Å². The van der Waals surface area contributed by atoms with Crippen LogP contribution in [0.25, 0.3) is 0 Å². The first kappa shape index (κ1) is 10.9. The van der Waals surface area contributed by atoms with Crippen LogP contribution in [0.1, 0.15) is 25.0 Å². The van der Waals surface area contributed by atoms with Crippen molar-refractivity contribution in [3.63, 3.8) is 0 Å². The van der Waals surface area contributed by atoms with Gasteiger partial charge in [0.25, 0.3) is 0 Å². The summed E-state index contributed by atoms with van der Waals surface area (Å²) >= 11 is 0. The summed E-state index contributed by atoms with van der Waals surface area (Å²) in [5.74, 6) is 0.0919. The second-order valence-electron chi connectivity index (χ2n) is 3.60. The molecule has 0 saturated heterocycles. The Morgan fingerprint density at radius 1 is 1.29 bits per heavy atom. The molecule has 0 aromatic heterocycles. The average Bonchev–Trinajstić information content (AvgIpc) is 2.19. The van der Waals surface area contributed by atoms with E-state index in [9.17, 15) is 4.79 Å². The SMILES string of the molecule is CCc1ccc(CC(=O)C(C)N)cc1. The Bertz CT molecular complexity index is 301. The molecule has 1 unspecified atom stereocenters. The summed E-state index contributed by atoms with van der Waals surface area (Å²) in [6, 6.07) is 7.76. The third-order valence-corrected chi connectivity index (χ3v) is 2.32. The Morgan fingerprint density at radius 3 is 2.21 bits per heavy atom. The van der Waals surface area contributed by atoms with Crippen molar-refractivity contribution in [2.75, 3.05) is 0 Å². The molecule has 0 aliphatic rings. The van der Waals surface area contributed by atoms with Crippen LogP contribution in [0.15, 0.2) is 24.3 Å². The molecule has 0 fully saturated rings. The van der Waals surface area contributed by atoms with E-state index < -0.39 is 0 Å². The van der Waals surface area contributed by atoms with Crippen molar-refractivity contribution in [1.29, 1.82) is 0 Å². The van der Waals surface area contributed by atoms with E-state index in [0.717, 1.165) is 12.0 Å². The number of carbonyl (C=O) groups is 1. The molecule has 0 aliphatic heterocycles. The highest BCUT2D eigenvalue weighted by atomic mass is 16.1. The molecule has 2 nitrogen and oxygen atoms in total. The Kier molecular flexibility index (Phi) is 3.84. The van der Waals surface area contributed by atoms with Gasteiger partial charge in [-0.2, -0.15) is 0 Å². The zero-order chi connectivity index (χ0) is 10.6. The predicted octanol–water partition coefficient (Wildman–Crippen LogP) is 1.71.